The summed E-state index contributed by atoms with van der Waals surface area (Å²) in [6.07, 6.45) is 14.5. The molecule has 0 saturated heterocycles. The molecule has 14 heavy (non-hydrogen) atoms. The molecule has 0 atom stereocenters. The van der Waals surface area contributed by atoms with E-state index in [-0.39, 0.29) is 0 Å². The summed E-state index contributed by atoms with van der Waals surface area (Å²) in [6.45, 7) is 2.56. The zero-order chi connectivity index (χ0) is 10.5. The summed E-state index contributed by atoms with van der Waals surface area (Å²) < 4.78 is 0. The van der Waals surface area contributed by atoms with E-state index in [4.69, 9.17) is 5.26 Å². The van der Waals surface area contributed by atoms with E-state index < -0.39 is 0 Å². The second-order valence-electron chi connectivity index (χ2n) is 3.68. The first-order valence-corrected chi connectivity index (χ1v) is 5.83. The molecule has 0 rings (SSSR count). The lowest BCUT2D eigenvalue weighted by Crippen LogP contribution is -1.82. The van der Waals surface area contributed by atoms with Crippen molar-refractivity contribution >= 4 is 0 Å². The number of rotatable bonds is 10. The lowest BCUT2D eigenvalue weighted by molar-refractivity contribution is -0.231. The monoisotopic (exact) mass is 200 g/mol. The normalized spacial score (nSPS) is 11.3. The molecular weight excluding hydrogens is 176 g/mol. The number of hydrogen-bond donors (Lipinski definition) is 1. The maximum Gasteiger partial charge on any atom is 0.100 e. The van der Waals surface area contributed by atoms with Gasteiger partial charge >= 0.3 is 0 Å². The molecule has 0 amide bonds. The molecule has 0 bridgehead atoms. The third-order valence-corrected chi connectivity index (χ3v) is 2.31. The topological polar surface area (TPSA) is 29.5 Å². The molecule has 0 aliphatic rings. The summed E-state index contributed by atoms with van der Waals surface area (Å²) in [5, 5.41) is 8.04. The van der Waals surface area contributed by atoms with Crippen molar-refractivity contribution in [1.29, 1.82) is 0 Å². The predicted molar refractivity (Wildman–Crippen MR) is 60.3 cm³/mol. The van der Waals surface area contributed by atoms with Gasteiger partial charge in [0.2, 0.25) is 0 Å². The van der Waals surface area contributed by atoms with Gasteiger partial charge in [-0.05, 0) is 12.8 Å². The van der Waals surface area contributed by atoms with Gasteiger partial charge in [-0.1, -0.05) is 57.6 Å². The van der Waals surface area contributed by atoms with Crippen molar-refractivity contribution in [2.24, 2.45) is 0 Å². The number of unbranched alkanes of at least 4 members (excludes halogenated alkanes) is 7. The van der Waals surface area contributed by atoms with Crippen molar-refractivity contribution in [2.75, 3.05) is 6.61 Å². The van der Waals surface area contributed by atoms with E-state index >= 15 is 0 Å². The van der Waals surface area contributed by atoms with Gasteiger partial charge in [0, 0.05) is 0 Å². The maximum atomic E-state index is 8.04. The molecule has 0 spiro atoms. The lowest BCUT2D eigenvalue weighted by atomic mass is 10.1. The minimum atomic E-state index is 0.316. The highest BCUT2D eigenvalue weighted by Crippen LogP contribution is 2.08. The van der Waals surface area contributed by atoms with Gasteiger partial charge < -0.3 is 0 Å². The van der Waals surface area contributed by atoms with Gasteiger partial charge in [0.1, 0.15) is 6.61 Å². The van der Waals surface area contributed by atoms with Crippen LogP contribution in [-0.2, 0) is 4.89 Å². The zero-order valence-corrected chi connectivity index (χ0v) is 9.37. The maximum absolute atomic E-state index is 8.04. The van der Waals surface area contributed by atoms with E-state index in [1.807, 2.05) is 6.08 Å². The van der Waals surface area contributed by atoms with E-state index in [1.54, 1.807) is 0 Å². The summed E-state index contributed by atoms with van der Waals surface area (Å²) in [4.78, 5) is 3.93. The molecule has 0 aliphatic carbocycles. The smallest absolute Gasteiger partial charge is 0.100 e. The molecule has 2 heteroatoms. The van der Waals surface area contributed by atoms with Crippen LogP contribution < -0.4 is 0 Å². The van der Waals surface area contributed by atoms with Crippen molar-refractivity contribution in [1.82, 2.24) is 0 Å². The molecule has 0 radical (unpaired) electrons. The van der Waals surface area contributed by atoms with Crippen LogP contribution in [0.4, 0.5) is 0 Å². The van der Waals surface area contributed by atoms with Crippen LogP contribution in [0.25, 0.3) is 0 Å². The average molecular weight is 200 g/mol. The van der Waals surface area contributed by atoms with E-state index in [9.17, 15) is 0 Å². The Morgan fingerprint density at radius 1 is 0.929 bits per heavy atom. The molecule has 0 aromatic rings. The Labute approximate surface area is 87.9 Å². The van der Waals surface area contributed by atoms with E-state index in [2.05, 4.69) is 17.9 Å². The highest BCUT2D eigenvalue weighted by atomic mass is 17.1. The quantitative estimate of drug-likeness (QED) is 0.248. The SMILES string of the molecule is CCCCCCCCCC=CCOO. The van der Waals surface area contributed by atoms with Crippen molar-refractivity contribution in [3.05, 3.63) is 12.2 Å². The standard InChI is InChI=1S/C12H24O2/c1-2-3-4-5-6-7-8-9-10-11-12-14-13/h10-11,13H,2-9,12H2,1H3. The molecular formula is C12H24O2. The molecule has 0 unspecified atom stereocenters. The van der Waals surface area contributed by atoms with Gasteiger partial charge in [0.05, 0.1) is 0 Å². The summed E-state index contributed by atoms with van der Waals surface area (Å²) in [7, 11) is 0. The van der Waals surface area contributed by atoms with Crippen LogP contribution in [0.1, 0.15) is 58.3 Å². The van der Waals surface area contributed by atoms with Crippen molar-refractivity contribution in [2.45, 2.75) is 58.3 Å². The van der Waals surface area contributed by atoms with Gasteiger partial charge in [-0.3, -0.25) is 5.26 Å². The third kappa shape index (κ3) is 11.7. The van der Waals surface area contributed by atoms with Crippen LogP contribution in [0, 0.1) is 0 Å². The van der Waals surface area contributed by atoms with Gasteiger partial charge in [-0.2, -0.15) is 0 Å². The molecule has 0 fully saturated rings. The summed E-state index contributed by atoms with van der Waals surface area (Å²) in [6, 6.07) is 0. The van der Waals surface area contributed by atoms with Gasteiger partial charge in [0.25, 0.3) is 0 Å². The highest BCUT2D eigenvalue weighted by molar-refractivity contribution is 4.80. The minimum absolute atomic E-state index is 0.316. The zero-order valence-electron chi connectivity index (χ0n) is 9.37. The largest absolute Gasteiger partial charge is 0.252 e. The second kappa shape index (κ2) is 12.7. The highest BCUT2D eigenvalue weighted by Gasteiger charge is 1.88. The molecule has 1 N–H and O–H groups in total. The van der Waals surface area contributed by atoms with Crippen LogP contribution in [-0.4, -0.2) is 11.9 Å². The molecule has 0 aromatic heterocycles. The van der Waals surface area contributed by atoms with E-state index in [0.29, 0.717) is 6.61 Å². The van der Waals surface area contributed by atoms with Gasteiger partial charge in [-0.25, -0.2) is 4.89 Å². The van der Waals surface area contributed by atoms with Crippen molar-refractivity contribution in [3.8, 4) is 0 Å². The predicted octanol–water partition coefficient (Wildman–Crippen LogP) is 4.17. The summed E-state index contributed by atoms with van der Waals surface area (Å²) in [5.41, 5.74) is 0. The Bertz CT molecular complexity index is 121. The van der Waals surface area contributed by atoms with Crippen LogP contribution >= 0.6 is 0 Å². The summed E-state index contributed by atoms with van der Waals surface area (Å²) in [5.74, 6) is 0. The number of allylic oxidation sites excluding steroid dienone is 1. The fourth-order valence-corrected chi connectivity index (χ4v) is 1.45. The Morgan fingerprint density at radius 2 is 1.57 bits per heavy atom. The average Bonchev–Trinajstić information content (AvgIpc) is 2.21. The first kappa shape index (κ1) is 13.7. The summed E-state index contributed by atoms with van der Waals surface area (Å²) >= 11 is 0. The molecule has 2 nitrogen and oxygen atoms in total. The molecule has 0 saturated carbocycles. The third-order valence-electron chi connectivity index (χ3n) is 2.31. The van der Waals surface area contributed by atoms with Crippen LogP contribution in [0.3, 0.4) is 0 Å². The van der Waals surface area contributed by atoms with Crippen molar-refractivity contribution < 1.29 is 10.1 Å². The Morgan fingerprint density at radius 3 is 2.21 bits per heavy atom. The van der Waals surface area contributed by atoms with Crippen LogP contribution in [0.15, 0.2) is 12.2 Å². The first-order chi connectivity index (χ1) is 6.91. The molecule has 84 valence electrons. The first-order valence-electron chi connectivity index (χ1n) is 5.83. The fraction of sp³-hybridized carbons (Fsp3) is 0.833. The molecule has 0 aliphatic heterocycles. The van der Waals surface area contributed by atoms with Crippen LogP contribution in [0.2, 0.25) is 0 Å². The van der Waals surface area contributed by atoms with E-state index in [1.165, 1.54) is 44.9 Å². The molecule has 0 aromatic carbocycles. The molecule has 0 heterocycles. The fourth-order valence-electron chi connectivity index (χ4n) is 1.45. The Kier molecular flexibility index (Phi) is 12.4. The van der Waals surface area contributed by atoms with Crippen molar-refractivity contribution in [3.63, 3.8) is 0 Å². The lowest BCUT2D eigenvalue weighted by Gasteiger charge is -1.98. The van der Waals surface area contributed by atoms with Gasteiger partial charge in [-0.15, -0.1) is 0 Å². The Hall–Kier alpha value is -0.340. The van der Waals surface area contributed by atoms with Gasteiger partial charge in [0.15, 0.2) is 0 Å². The van der Waals surface area contributed by atoms with Crippen LogP contribution in [0.5, 0.6) is 0 Å². The number of hydrogen-bond acceptors (Lipinski definition) is 2. The van der Waals surface area contributed by atoms with E-state index in [0.717, 1.165) is 6.42 Å². The Balaban J connectivity index is 2.91. The second-order valence-corrected chi connectivity index (χ2v) is 3.68. The minimum Gasteiger partial charge on any atom is -0.252 e.